The van der Waals surface area contributed by atoms with Crippen LogP contribution >= 0.6 is 22.9 Å². The van der Waals surface area contributed by atoms with E-state index in [9.17, 15) is 9.59 Å². The molecule has 3 rings (SSSR count). The predicted octanol–water partition coefficient (Wildman–Crippen LogP) is 4.34. The number of benzene rings is 2. The number of nitrogens with zero attached hydrogens (tertiary/aromatic N) is 3. The lowest BCUT2D eigenvalue weighted by Crippen LogP contribution is -2.34. The molecule has 0 atom stereocenters. The highest BCUT2D eigenvalue weighted by molar-refractivity contribution is 7.23. The lowest BCUT2D eigenvalue weighted by atomic mass is 10.1. The first-order valence-corrected chi connectivity index (χ1v) is 10.8. The molecule has 0 radical (unpaired) electrons. The summed E-state index contributed by atoms with van der Waals surface area (Å²) in [7, 11) is 6.80. The van der Waals surface area contributed by atoms with Gasteiger partial charge in [-0.25, -0.2) is 9.78 Å². The molecule has 0 aliphatic rings. The van der Waals surface area contributed by atoms with E-state index in [0.717, 1.165) is 17.7 Å². The van der Waals surface area contributed by atoms with Gasteiger partial charge in [-0.05, 0) is 51.3 Å². The number of carbonyl (C=O) groups is 2. The number of hydrogen-bond donors (Lipinski definition) is 0. The summed E-state index contributed by atoms with van der Waals surface area (Å²) in [6.45, 7) is 1.21. The van der Waals surface area contributed by atoms with Crippen LogP contribution in [0.1, 0.15) is 27.1 Å². The van der Waals surface area contributed by atoms with Crippen molar-refractivity contribution >= 4 is 50.2 Å². The van der Waals surface area contributed by atoms with Crippen molar-refractivity contribution in [1.29, 1.82) is 0 Å². The first kappa shape index (κ1) is 23.0. The minimum Gasteiger partial charge on any atom is -0.494 e. The summed E-state index contributed by atoms with van der Waals surface area (Å²) in [5.74, 6) is -0.308. The number of esters is 1. The molecule has 2 aromatic carbocycles. The molecule has 1 heterocycles. The van der Waals surface area contributed by atoms with Gasteiger partial charge in [0, 0.05) is 6.54 Å². The third-order valence-electron chi connectivity index (χ3n) is 4.69. The quantitative estimate of drug-likeness (QED) is 0.464. The molecule has 0 saturated carbocycles. The molecule has 1 amide bonds. The van der Waals surface area contributed by atoms with Crippen molar-refractivity contribution in [2.45, 2.75) is 6.42 Å². The van der Waals surface area contributed by atoms with Gasteiger partial charge in [0.1, 0.15) is 11.3 Å². The summed E-state index contributed by atoms with van der Waals surface area (Å²) in [5, 5.41) is 1.03. The summed E-state index contributed by atoms with van der Waals surface area (Å²) in [5.41, 5.74) is 1.07. The molecule has 164 valence electrons. The number of aromatic nitrogens is 1. The standard InChI is InChI=1S/C22H24ClN3O4S/c1-25(2)12-7-13-26(20(27)14-8-5-6-9-15(14)21(28)30-4)22-24-18-17(29-3)11-10-16(23)19(18)31-22/h5-6,8-11H,7,12-13H2,1-4H3. The lowest BCUT2D eigenvalue weighted by Gasteiger charge is -2.22. The van der Waals surface area contributed by atoms with Crippen molar-refractivity contribution in [1.82, 2.24) is 9.88 Å². The van der Waals surface area contributed by atoms with Crippen LogP contribution in [0.4, 0.5) is 5.13 Å². The molecule has 0 aliphatic carbocycles. The van der Waals surface area contributed by atoms with E-state index in [1.54, 1.807) is 48.4 Å². The largest absolute Gasteiger partial charge is 0.494 e. The molecule has 31 heavy (non-hydrogen) atoms. The predicted molar refractivity (Wildman–Crippen MR) is 124 cm³/mol. The number of fused-ring (bicyclic) bond motifs is 1. The first-order chi connectivity index (χ1) is 14.9. The number of rotatable bonds is 8. The van der Waals surface area contributed by atoms with Crippen molar-refractivity contribution < 1.29 is 19.1 Å². The monoisotopic (exact) mass is 461 g/mol. The highest BCUT2D eigenvalue weighted by atomic mass is 35.5. The van der Waals surface area contributed by atoms with Crippen LogP contribution in [0.2, 0.25) is 5.02 Å². The Morgan fingerprint density at radius 1 is 1.06 bits per heavy atom. The zero-order valence-electron chi connectivity index (χ0n) is 17.8. The smallest absolute Gasteiger partial charge is 0.338 e. The van der Waals surface area contributed by atoms with E-state index in [2.05, 4.69) is 4.98 Å². The molecule has 0 N–H and O–H groups in total. The Kier molecular flexibility index (Phi) is 7.48. The van der Waals surface area contributed by atoms with Crippen LogP contribution in [0.15, 0.2) is 36.4 Å². The first-order valence-electron chi connectivity index (χ1n) is 9.64. The number of halogens is 1. The van der Waals surface area contributed by atoms with Crippen LogP contribution in [-0.4, -0.2) is 63.2 Å². The molecule has 0 bridgehead atoms. The van der Waals surface area contributed by atoms with Crippen molar-refractivity contribution in [3.8, 4) is 5.75 Å². The molecule has 9 heteroatoms. The van der Waals surface area contributed by atoms with Crippen LogP contribution < -0.4 is 9.64 Å². The Morgan fingerprint density at radius 3 is 2.42 bits per heavy atom. The van der Waals surface area contributed by atoms with Gasteiger partial charge in [-0.1, -0.05) is 35.1 Å². The number of amides is 1. The molecule has 0 fully saturated rings. The van der Waals surface area contributed by atoms with Crippen molar-refractivity contribution in [3.05, 3.63) is 52.5 Å². The fourth-order valence-corrected chi connectivity index (χ4v) is 4.43. The topological polar surface area (TPSA) is 72.0 Å². The third kappa shape index (κ3) is 4.98. The molecular weight excluding hydrogens is 438 g/mol. The fourth-order valence-electron chi connectivity index (χ4n) is 3.15. The fraction of sp³-hybridized carbons (Fsp3) is 0.318. The van der Waals surface area contributed by atoms with Gasteiger partial charge in [0.05, 0.1) is 35.1 Å². The van der Waals surface area contributed by atoms with Crippen molar-refractivity contribution in [2.75, 3.05) is 46.3 Å². The van der Waals surface area contributed by atoms with Crippen molar-refractivity contribution in [2.24, 2.45) is 0 Å². The zero-order valence-corrected chi connectivity index (χ0v) is 19.4. The molecule has 0 spiro atoms. The van der Waals surface area contributed by atoms with Gasteiger partial charge in [-0.2, -0.15) is 0 Å². The molecule has 0 aliphatic heterocycles. The van der Waals surface area contributed by atoms with E-state index < -0.39 is 5.97 Å². The highest BCUT2D eigenvalue weighted by Crippen LogP contribution is 2.39. The summed E-state index contributed by atoms with van der Waals surface area (Å²) in [6.07, 6.45) is 0.722. The maximum absolute atomic E-state index is 13.6. The van der Waals surface area contributed by atoms with Gasteiger partial charge in [0.2, 0.25) is 0 Å². The van der Waals surface area contributed by atoms with Crippen LogP contribution in [-0.2, 0) is 4.74 Å². The minimum atomic E-state index is -0.564. The van der Waals surface area contributed by atoms with Gasteiger partial charge in [0.25, 0.3) is 5.91 Å². The van der Waals surface area contributed by atoms with E-state index in [0.29, 0.717) is 28.0 Å². The van der Waals surface area contributed by atoms with Gasteiger partial charge in [-0.15, -0.1) is 0 Å². The molecule has 7 nitrogen and oxygen atoms in total. The Hall–Kier alpha value is -2.68. The number of ether oxygens (including phenoxy) is 2. The maximum atomic E-state index is 13.6. The number of methoxy groups -OCH3 is 2. The highest BCUT2D eigenvalue weighted by Gasteiger charge is 2.26. The van der Waals surface area contributed by atoms with Gasteiger partial charge < -0.3 is 14.4 Å². The molecule has 0 unspecified atom stereocenters. The van der Waals surface area contributed by atoms with Crippen LogP contribution in [0.5, 0.6) is 5.75 Å². The zero-order chi connectivity index (χ0) is 22.5. The SMILES string of the molecule is COC(=O)c1ccccc1C(=O)N(CCCN(C)C)c1nc2c(OC)ccc(Cl)c2s1. The Balaban J connectivity index is 2.07. The van der Waals surface area contributed by atoms with Crippen LogP contribution in [0.3, 0.4) is 0 Å². The number of hydrogen-bond acceptors (Lipinski definition) is 7. The summed E-state index contributed by atoms with van der Waals surface area (Å²) in [4.78, 5) is 34.1. The summed E-state index contributed by atoms with van der Waals surface area (Å²) >= 11 is 7.69. The minimum absolute atomic E-state index is 0.212. The van der Waals surface area contributed by atoms with Crippen LogP contribution in [0, 0.1) is 0 Å². The molecule has 1 aromatic heterocycles. The lowest BCUT2D eigenvalue weighted by molar-refractivity contribution is 0.0597. The second-order valence-corrected chi connectivity index (χ2v) is 8.46. The average molecular weight is 462 g/mol. The van der Waals surface area contributed by atoms with E-state index in [4.69, 9.17) is 21.1 Å². The van der Waals surface area contributed by atoms with E-state index >= 15 is 0 Å². The second-order valence-electron chi connectivity index (χ2n) is 7.07. The van der Waals surface area contributed by atoms with E-state index in [1.807, 2.05) is 19.0 Å². The van der Waals surface area contributed by atoms with E-state index in [1.165, 1.54) is 18.4 Å². The molecular formula is C22H24ClN3O4S. The number of carbonyl (C=O) groups excluding carboxylic acids is 2. The maximum Gasteiger partial charge on any atom is 0.338 e. The summed E-state index contributed by atoms with van der Waals surface area (Å²) < 4.78 is 11.0. The molecule has 3 aromatic rings. The van der Waals surface area contributed by atoms with Crippen molar-refractivity contribution in [3.63, 3.8) is 0 Å². The van der Waals surface area contributed by atoms with Gasteiger partial charge >= 0.3 is 5.97 Å². The van der Waals surface area contributed by atoms with Gasteiger partial charge in [-0.3, -0.25) is 9.69 Å². The number of thiazole rings is 1. The normalized spacial score (nSPS) is 11.0. The number of anilines is 1. The van der Waals surface area contributed by atoms with Gasteiger partial charge in [0.15, 0.2) is 5.13 Å². The Morgan fingerprint density at radius 2 is 1.77 bits per heavy atom. The Labute approximate surface area is 190 Å². The second kappa shape index (κ2) is 10.1. The third-order valence-corrected chi connectivity index (χ3v) is 6.23. The Bertz CT molecular complexity index is 1100. The van der Waals surface area contributed by atoms with E-state index in [-0.39, 0.29) is 17.0 Å². The molecule has 0 saturated heterocycles. The summed E-state index contributed by atoms with van der Waals surface area (Å²) in [6, 6.07) is 10.1. The average Bonchev–Trinajstić information content (AvgIpc) is 3.22. The van der Waals surface area contributed by atoms with Crippen LogP contribution in [0.25, 0.3) is 10.2 Å².